The lowest BCUT2D eigenvalue weighted by atomic mass is 10.2. The van der Waals surface area contributed by atoms with Crippen LogP contribution in [0.15, 0.2) is 41.3 Å². The van der Waals surface area contributed by atoms with Crippen molar-refractivity contribution in [3.8, 4) is 5.75 Å². The number of nitrogens with zero attached hydrogens (tertiary/aromatic N) is 2. The summed E-state index contributed by atoms with van der Waals surface area (Å²) in [4.78, 5) is 19.7. The number of fused-ring (bicyclic) bond motifs is 1. The highest BCUT2D eigenvalue weighted by atomic mass is 35.5. The lowest BCUT2D eigenvalue weighted by Crippen LogP contribution is -2.38. The van der Waals surface area contributed by atoms with Gasteiger partial charge < -0.3 is 9.47 Å². The van der Waals surface area contributed by atoms with Crippen molar-refractivity contribution in [1.82, 2.24) is 4.98 Å². The SMILES string of the molecule is COc1ccc(S(=O)(=O)CCC(=O)N(CC2CCCO2)c2nc3c(C)c(Cl)ccc3s2)cc1. The number of anilines is 1. The summed E-state index contributed by atoms with van der Waals surface area (Å²) < 4.78 is 37.3. The molecular formula is C23H25ClN2O5S2. The molecule has 1 fully saturated rings. The summed E-state index contributed by atoms with van der Waals surface area (Å²) in [6.45, 7) is 2.89. The van der Waals surface area contributed by atoms with E-state index < -0.39 is 9.84 Å². The number of sulfone groups is 1. The van der Waals surface area contributed by atoms with Crippen molar-refractivity contribution in [1.29, 1.82) is 0 Å². The van der Waals surface area contributed by atoms with Crippen molar-refractivity contribution in [2.45, 2.75) is 37.2 Å². The van der Waals surface area contributed by atoms with E-state index in [4.69, 9.17) is 21.1 Å². The molecule has 2 aromatic carbocycles. The first kappa shape index (κ1) is 23.9. The molecule has 0 bridgehead atoms. The largest absolute Gasteiger partial charge is 0.497 e. The standard InChI is InChI=1S/C23H25ClN2O5S2/c1-15-19(24)9-10-20-22(15)25-23(32-20)26(14-17-4-3-12-31-17)21(27)11-13-33(28,29)18-7-5-16(30-2)6-8-18/h5-10,17H,3-4,11-14H2,1-2H3. The van der Waals surface area contributed by atoms with Crippen LogP contribution in [0.25, 0.3) is 10.2 Å². The molecule has 2 heterocycles. The number of benzene rings is 2. The lowest BCUT2D eigenvalue weighted by Gasteiger charge is -2.23. The van der Waals surface area contributed by atoms with E-state index in [9.17, 15) is 13.2 Å². The number of carbonyl (C=O) groups excluding carboxylic acids is 1. The van der Waals surface area contributed by atoms with Gasteiger partial charge in [0.05, 0.1) is 40.6 Å². The van der Waals surface area contributed by atoms with Crippen molar-refractivity contribution in [3.63, 3.8) is 0 Å². The molecule has 1 saturated heterocycles. The number of thiazole rings is 1. The van der Waals surface area contributed by atoms with Crippen LogP contribution in [0, 0.1) is 6.92 Å². The zero-order valence-electron chi connectivity index (χ0n) is 18.4. The minimum atomic E-state index is -3.63. The molecule has 176 valence electrons. The molecule has 0 spiro atoms. The molecule has 1 aliphatic rings. The molecular weight excluding hydrogens is 484 g/mol. The predicted octanol–water partition coefficient (Wildman–Crippen LogP) is 4.64. The number of hydrogen-bond acceptors (Lipinski definition) is 7. The Hall–Kier alpha value is -2.20. The van der Waals surface area contributed by atoms with E-state index in [1.807, 2.05) is 19.1 Å². The van der Waals surface area contributed by atoms with Crippen LogP contribution in [0.1, 0.15) is 24.8 Å². The summed E-state index contributed by atoms with van der Waals surface area (Å²) >= 11 is 7.63. The van der Waals surface area contributed by atoms with Gasteiger partial charge in [0.15, 0.2) is 15.0 Å². The average Bonchev–Trinajstić information content (AvgIpc) is 3.48. The summed E-state index contributed by atoms with van der Waals surface area (Å²) in [5.41, 5.74) is 1.60. The zero-order chi connectivity index (χ0) is 23.6. The molecule has 1 unspecified atom stereocenters. The van der Waals surface area contributed by atoms with Gasteiger partial charge in [-0.1, -0.05) is 22.9 Å². The van der Waals surface area contributed by atoms with Gasteiger partial charge in [0.2, 0.25) is 5.91 Å². The molecule has 1 aromatic heterocycles. The van der Waals surface area contributed by atoms with E-state index >= 15 is 0 Å². The molecule has 1 atom stereocenters. The van der Waals surface area contributed by atoms with E-state index in [0.29, 0.717) is 29.1 Å². The van der Waals surface area contributed by atoms with Crippen molar-refractivity contribution in [3.05, 3.63) is 47.0 Å². The van der Waals surface area contributed by atoms with Crippen LogP contribution in [-0.4, -0.2) is 51.4 Å². The van der Waals surface area contributed by atoms with Gasteiger partial charge in [-0.3, -0.25) is 9.69 Å². The van der Waals surface area contributed by atoms with Crippen LogP contribution < -0.4 is 9.64 Å². The van der Waals surface area contributed by atoms with Crippen LogP contribution in [0.4, 0.5) is 5.13 Å². The van der Waals surface area contributed by atoms with Crippen LogP contribution in [0.3, 0.4) is 0 Å². The molecule has 0 radical (unpaired) electrons. The number of methoxy groups -OCH3 is 1. The maximum absolute atomic E-state index is 13.3. The van der Waals surface area contributed by atoms with E-state index in [1.165, 1.54) is 30.6 Å². The predicted molar refractivity (Wildman–Crippen MR) is 130 cm³/mol. The Morgan fingerprint density at radius 1 is 1.27 bits per heavy atom. The van der Waals surface area contributed by atoms with E-state index in [2.05, 4.69) is 4.98 Å². The molecule has 0 N–H and O–H groups in total. The third-order valence-corrected chi connectivity index (χ3v) is 8.87. The molecule has 0 aliphatic carbocycles. The average molecular weight is 509 g/mol. The highest BCUT2D eigenvalue weighted by Crippen LogP contribution is 2.34. The summed E-state index contributed by atoms with van der Waals surface area (Å²) in [6.07, 6.45) is 1.54. The van der Waals surface area contributed by atoms with Crippen molar-refractivity contribution in [2.75, 3.05) is 30.9 Å². The second kappa shape index (κ2) is 9.97. The number of amides is 1. The van der Waals surface area contributed by atoms with Crippen molar-refractivity contribution < 1.29 is 22.7 Å². The molecule has 0 saturated carbocycles. The number of ether oxygens (including phenoxy) is 2. The molecule has 4 rings (SSSR count). The van der Waals surface area contributed by atoms with E-state index in [1.54, 1.807) is 17.0 Å². The topological polar surface area (TPSA) is 85.8 Å². The Morgan fingerprint density at radius 3 is 2.70 bits per heavy atom. The van der Waals surface area contributed by atoms with Gasteiger partial charge in [-0.15, -0.1) is 0 Å². The van der Waals surface area contributed by atoms with Crippen LogP contribution in [-0.2, 0) is 19.4 Å². The monoisotopic (exact) mass is 508 g/mol. The first-order valence-corrected chi connectivity index (χ1v) is 13.5. The first-order chi connectivity index (χ1) is 15.8. The van der Waals surface area contributed by atoms with Gasteiger partial charge in [-0.2, -0.15) is 0 Å². The molecule has 33 heavy (non-hydrogen) atoms. The minimum absolute atomic E-state index is 0.0937. The Bertz CT molecular complexity index is 1250. The van der Waals surface area contributed by atoms with Gasteiger partial charge in [-0.25, -0.2) is 13.4 Å². The van der Waals surface area contributed by atoms with Crippen LogP contribution >= 0.6 is 22.9 Å². The Labute approximate surface area is 202 Å². The van der Waals surface area contributed by atoms with Gasteiger partial charge in [0, 0.05) is 18.1 Å². The second-order valence-corrected chi connectivity index (χ2v) is 11.4. The Kier molecular flexibility index (Phi) is 7.23. The molecule has 10 heteroatoms. The number of aryl methyl sites for hydroxylation is 1. The van der Waals surface area contributed by atoms with Gasteiger partial charge in [-0.05, 0) is 61.7 Å². The van der Waals surface area contributed by atoms with Crippen molar-refractivity contribution in [2.24, 2.45) is 0 Å². The smallest absolute Gasteiger partial charge is 0.229 e. The minimum Gasteiger partial charge on any atom is -0.497 e. The first-order valence-electron chi connectivity index (χ1n) is 10.6. The summed E-state index contributed by atoms with van der Waals surface area (Å²) in [7, 11) is -2.11. The van der Waals surface area contributed by atoms with Crippen LogP contribution in [0.2, 0.25) is 5.02 Å². The number of hydrogen-bond donors (Lipinski definition) is 0. The maximum Gasteiger partial charge on any atom is 0.229 e. The summed E-state index contributed by atoms with van der Waals surface area (Å²) in [6, 6.07) is 9.86. The number of aromatic nitrogens is 1. The fraction of sp³-hybridized carbons (Fsp3) is 0.391. The van der Waals surface area contributed by atoms with Gasteiger partial charge >= 0.3 is 0 Å². The number of rotatable bonds is 8. The van der Waals surface area contributed by atoms with Gasteiger partial charge in [0.1, 0.15) is 5.75 Å². The Morgan fingerprint density at radius 2 is 2.03 bits per heavy atom. The summed E-state index contributed by atoms with van der Waals surface area (Å²) in [5, 5.41) is 1.14. The Balaban J connectivity index is 1.56. The van der Waals surface area contributed by atoms with E-state index in [0.717, 1.165) is 28.6 Å². The fourth-order valence-electron chi connectivity index (χ4n) is 3.74. The van der Waals surface area contributed by atoms with Gasteiger partial charge in [0.25, 0.3) is 0 Å². The third-order valence-electron chi connectivity index (χ3n) is 5.68. The second-order valence-electron chi connectivity index (χ2n) is 7.90. The quantitative estimate of drug-likeness (QED) is 0.440. The third kappa shape index (κ3) is 5.32. The number of halogens is 1. The maximum atomic E-state index is 13.3. The van der Waals surface area contributed by atoms with Crippen molar-refractivity contribution >= 4 is 54.0 Å². The normalized spacial score (nSPS) is 16.3. The molecule has 1 amide bonds. The number of carbonyl (C=O) groups is 1. The lowest BCUT2D eigenvalue weighted by molar-refractivity contribution is -0.118. The molecule has 1 aliphatic heterocycles. The zero-order valence-corrected chi connectivity index (χ0v) is 20.8. The van der Waals surface area contributed by atoms with E-state index in [-0.39, 0.29) is 29.1 Å². The molecule has 3 aromatic rings. The highest BCUT2D eigenvalue weighted by Gasteiger charge is 2.28. The summed E-state index contributed by atoms with van der Waals surface area (Å²) in [5.74, 6) is -0.0277. The molecule has 7 nitrogen and oxygen atoms in total. The highest BCUT2D eigenvalue weighted by molar-refractivity contribution is 7.91. The fourth-order valence-corrected chi connectivity index (χ4v) is 6.17. The van der Waals surface area contributed by atoms with Crippen LogP contribution in [0.5, 0.6) is 5.75 Å².